The van der Waals surface area contributed by atoms with Crippen LogP contribution in [0, 0.1) is 0 Å². The number of halogens is 3. The molecule has 0 aliphatic heterocycles. The Hall–Kier alpha value is 0.240. The average molecular weight is 257 g/mol. The first-order chi connectivity index (χ1) is 4.74. The summed E-state index contributed by atoms with van der Waals surface area (Å²) >= 11 is 9.05. The van der Waals surface area contributed by atoms with Crippen LogP contribution in [0.15, 0.2) is 22.7 Å². The standard InChI is InChI=1S/C7H7BrClN.ClH/c8-6-3-5(4-10)1-2-7(6)9;/h1-3H,4,10H2;1H. The lowest BCUT2D eigenvalue weighted by molar-refractivity contribution is 1.07. The van der Waals surface area contributed by atoms with Gasteiger partial charge in [-0.15, -0.1) is 12.4 Å². The summed E-state index contributed by atoms with van der Waals surface area (Å²) in [6.07, 6.45) is 0. The highest BCUT2D eigenvalue weighted by Gasteiger charge is 1.95. The smallest absolute Gasteiger partial charge is 0.0548 e. The zero-order valence-electron chi connectivity index (χ0n) is 5.68. The molecule has 0 atom stereocenters. The second-order valence-corrected chi connectivity index (χ2v) is 3.21. The van der Waals surface area contributed by atoms with Crippen molar-refractivity contribution in [1.29, 1.82) is 0 Å². The van der Waals surface area contributed by atoms with Crippen molar-refractivity contribution in [2.45, 2.75) is 6.54 Å². The van der Waals surface area contributed by atoms with E-state index in [2.05, 4.69) is 15.9 Å². The molecule has 1 nitrogen and oxygen atoms in total. The van der Waals surface area contributed by atoms with Crippen LogP contribution in [0.4, 0.5) is 0 Å². The third-order valence-corrected chi connectivity index (χ3v) is 2.43. The van der Waals surface area contributed by atoms with E-state index < -0.39 is 0 Å². The summed E-state index contributed by atoms with van der Waals surface area (Å²) in [5, 5.41) is 0.720. The SMILES string of the molecule is Cl.NCc1ccc(Cl)c(Br)c1. The maximum atomic E-state index is 5.75. The first kappa shape index (κ1) is 11.2. The van der Waals surface area contributed by atoms with Gasteiger partial charge in [-0.25, -0.2) is 0 Å². The summed E-state index contributed by atoms with van der Waals surface area (Å²) in [6.45, 7) is 0.551. The Morgan fingerprint density at radius 2 is 2.09 bits per heavy atom. The van der Waals surface area contributed by atoms with Crippen LogP contribution in [-0.2, 0) is 6.54 Å². The van der Waals surface area contributed by atoms with E-state index in [4.69, 9.17) is 17.3 Å². The van der Waals surface area contributed by atoms with Crippen molar-refractivity contribution < 1.29 is 0 Å². The fraction of sp³-hybridized carbons (Fsp3) is 0.143. The van der Waals surface area contributed by atoms with Crippen LogP contribution >= 0.6 is 39.9 Å². The molecule has 0 saturated carbocycles. The molecule has 1 rings (SSSR count). The maximum absolute atomic E-state index is 5.75. The summed E-state index contributed by atoms with van der Waals surface area (Å²) in [5.74, 6) is 0. The predicted molar refractivity (Wildman–Crippen MR) is 54.3 cm³/mol. The van der Waals surface area contributed by atoms with Crippen molar-refractivity contribution in [2.75, 3.05) is 0 Å². The van der Waals surface area contributed by atoms with E-state index in [1.165, 1.54) is 0 Å². The first-order valence-corrected chi connectivity index (χ1v) is 4.05. The number of hydrogen-bond acceptors (Lipinski definition) is 1. The minimum atomic E-state index is 0. The van der Waals surface area contributed by atoms with Gasteiger partial charge in [0.2, 0.25) is 0 Å². The van der Waals surface area contributed by atoms with Crippen LogP contribution in [0.2, 0.25) is 5.02 Å². The molecule has 0 heterocycles. The van der Waals surface area contributed by atoms with E-state index in [0.29, 0.717) is 6.54 Å². The zero-order valence-corrected chi connectivity index (χ0v) is 8.84. The van der Waals surface area contributed by atoms with Crippen LogP contribution in [0.25, 0.3) is 0 Å². The Labute approximate surface area is 85.5 Å². The molecule has 0 saturated heterocycles. The van der Waals surface area contributed by atoms with Crippen LogP contribution in [0.1, 0.15) is 5.56 Å². The Morgan fingerprint density at radius 3 is 2.55 bits per heavy atom. The van der Waals surface area contributed by atoms with Gasteiger partial charge >= 0.3 is 0 Å². The maximum Gasteiger partial charge on any atom is 0.0548 e. The molecule has 62 valence electrons. The van der Waals surface area contributed by atoms with E-state index in [0.717, 1.165) is 15.1 Å². The highest BCUT2D eigenvalue weighted by atomic mass is 79.9. The van der Waals surface area contributed by atoms with Gasteiger partial charge in [0.25, 0.3) is 0 Å². The monoisotopic (exact) mass is 255 g/mol. The van der Waals surface area contributed by atoms with Crippen LogP contribution in [0.5, 0.6) is 0 Å². The fourth-order valence-corrected chi connectivity index (χ4v) is 1.21. The number of benzene rings is 1. The number of nitrogens with two attached hydrogens (primary N) is 1. The van der Waals surface area contributed by atoms with Crippen molar-refractivity contribution >= 4 is 39.9 Å². The van der Waals surface area contributed by atoms with E-state index in [-0.39, 0.29) is 12.4 Å². The minimum Gasteiger partial charge on any atom is -0.326 e. The lowest BCUT2D eigenvalue weighted by Gasteiger charge is -1.98. The Balaban J connectivity index is 0.000001000. The second kappa shape index (κ2) is 4.99. The highest BCUT2D eigenvalue weighted by molar-refractivity contribution is 9.10. The molecule has 0 amide bonds. The van der Waals surface area contributed by atoms with Crippen LogP contribution in [-0.4, -0.2) is 0 Å². The summed E-state index contributed by atoms with van der Waals surface area (Å²) < 4.78 is 0.900. The van der Waals surface area contributed by atoms with E-state index in [1.807, 2.05) is 18.2 Å². The normalized spacial score (nSPS) is 9.00. The lowest BCUT2D eigenvalue weighted by Crippen LogP contribution is -1.95. The first-order valence-electron chi connectivity index (χ1n) is 2.88. The second-order valence-electron chi connectivity index (χ2n) is 1.95. The predicted octanol–water partition coefficient (Wildman–Crippen LogP) is 2.98. The molecule has 0 aliphatic carbocycles. The van der Waals surface area contributed by atoms with Gasteiger partial charge in [-0.1, -0.05) is 17.7 Å². The van der Waals surface area contributed by atoms with Gasteiger partial charge in [0, 0.05) is 11.0 Å². The molecule has 2 N–H and O–H groups in total. The molecule has 0 aromatic heterocycles. The molecule has 0 spiro atoms. The fourth-order valence-electron chi connectivity index (χ4n) is 0.667. The minimum absolute atomic E-state index is 0. The molecule has 4 heteroatoms. The summed E-state index contributed by atoms with van der Waals surface area (Å²) in [5.41, 5.74) is 6.48. The quantitative estimate of drug-likeness (QED) is 0.822. The lowest BCUT2D eigenvalue weighted by atomic mass is 10.2. The third kappa shape index (κ3) is 2.99. The van der Waals surface area contributed by atoms with Crippen molar-refractivity contribution in [3.63, 3.8) is 0 Å². The topological polar surface area (TPSA) is 26.0 Å². The Bertz CT molecular complexity index is 240. The molecule has 1 aromatic carbocycles. The van der Waals surface area contributed by atoms with Gasteiger partial charge in [-0.05, 0) is 33.6 Å². The van der Waals surface area contributed by atoms with Crippen molar-refractivity contribution in [3.05, 3.63) is 33.3 Å². The molecule has 0 fully saturated rings. The van der Waals surface area contributed by atoms with Crippen LogP contribution < -0.4 is 5.73 Å². The molecule has 0 aliphatic rings. The zero-order chi connectivity index (χ0) is 7.56. The Morgan fingerprint density at radius 1 is 1.45 bits per heavy atom. The van der Waals surface area contributed by atoms with Crippen molar-refractivity contribution in [2.24, 2.45) is 5.73 Å². The van der Waals surface area contributed by atoms with Gasteiger partial charge in [-0.3, -0.25) is 0 Å². The Kier molecular flexibility index (Phi) is 5.10. The van der Waals surface area contributed by atoms with Gasteiger partial charge < -0.3 is 5.73 Å². The number of hydrogen-bond donors (Lipinski definition) is 1. The molecule has 11 heavy (non-hydrogen) atoms. The van der Waals surface area contributed by atoms with E-state index >= 15 is 0 Å². The van der Waals surface area contributed by atoms with E-state index in [1.54, 1.807) is 0 Å². The largest absolute Gasteiger partial charge is 0.326 e. The van der Waals surface area contributed by atoms with Gasteiger partial charge in [-0.2, -0.15) is 0 Å². The van der Waals surface area contributed by atoms with Crippen molar-refractivity contribution in [3.8, 4) is 0 Å². The third-order valence-electron chi connectivity index (χ3n) is 1.22. The summed E-state index contributed by atoms with van der Waals surface area (Å²) in [6, 6.07) is 5.66. The van der Waals surface area contributed by atoms with E-state index in [9.17, 15) is 0 Å². The molecular formula is C7H8BrCl2N. The van der Waals surface area contributed by atoms with Gasteiger partial charge in [0.05, 0.1) is 5.02 Å². The molecule has 0 bridgehead atoms. The summed E-state index contributed by atoms with van der Waals surface area (Å²) in [4.78, 5) is 0. The van der Waals surface area contributed by atoms with Crippen LogP contribution in [0.3, 0.4) is 0 Å². The molecular weight excluding hydrogens is 249 g/mol. The van der Waals surface area contributed by atoms with Gasteiger partial charge in [0.1, 0.15) is 0 Å². The molecule has 1 aromatic rings. The average Bonchev–Trinajstić information content (AvgIpc) is 1.95. The summed E-state index contributed by atoms with van der Waals surface area (Å²) in [7, 11) is 0. The molecule has 0 radical (unpaired) electrons. The van der Waals surface area contributed by atoms with Crippen molar-refractivity contribution in [1.82, 2.24) is 0 Å². The number of rotatable bonds is 1. The highest BCUT2D eigenvalue weighted by Crippen LogP contribution is 2.22. The van der Waals surface area contributed by atoms with Gasteiger partial charge in [0.15, 0.2) is 0 Å². The molecule has 0 unspecified atom stereocenters.